The molecule has 28 heavy (non-hydrogen) atoms. The van der Waals surface area contributed by atoms with Gasteiger partial charge in [-0.2, -0.15) is 8.42 Å². The fourth-order valence-electron chi connectivity index (χ4n) is 4.36. The van der Waals surface area contributed by atoms with E-state index in [1.807, 2.05) is 4.90 Å². The summed E-state index contributed by atoms with van der Waals surface area (Å²) in [5, 5.41) is 3.33. The van der Waals surface area contributed by atoms with Gasteiger partial charge in [0, 0.05) is 19.0 Å². The SMILES string of the molecule is O=C(NC1CCCCCC1)c1cc2c(cc1Cl)N1CCCCCC1=NS2(=O)=O. The van der Waals surface area contributed by atoms with Crippen LogP contribution in [-0.2, 0) is 10.0 Å². The van der Waals surface area contributed by atoms with E-state index in [2.05, 4.69) is 9.71 Å². The summed E-state index contributed by atoms with van der Waals surface area (Å²) in [4.78, 5) is 14.9. The number of fused-ring (bicyclic) bond motifs is 3. The first-order chi connectivity index (χ1) is 13.5. The molecule has 0 aromatic heterocycles. The largest absolute Gasteiger partial charge is 0.349 e. The van der Waals surface area contributed by atoms with Gasteiger partial charge < -0.3 is 10.2 Å². The first-order valence-electron chi connectivity index (χ1n) is 10.2. The monoisotopic (exact) mass is 423 g/mol. The predicted octanol–water partition coefficient (Wildman–Crippen LogP) is 4.27. The van der Waals surface area contributed by atoms with Crippen molar-refractivity contribution in [3.8, 4) is 0 Å². The third-order valence-electron chi connectivity index (χ3n) is 5.87. The quantitative estimate of drug-likeness (QED) is 0.720. The molecular formula is C20H26ClN3O3S. The van der Waals surface area contributed by atoms with Gasteiger partial charge in [-0.15, -0.1) is 4.40 Å². The summed E-state index contributed by atoms with van der Waals surface area (Å²) in [5.74, 6) is 0.275. The molecule has 3 aliphatic rings. The number of amidine groups is 1. The Morgan fingerprint density at radius 2 is 1.79 bits per heavy atom. The van der Waals surface area contributed by atoms with Gasteiger partial charge in [0.25, 0.3) is 15.9 Å². The molecule has 0 radical (unpaired) electrons. The Kier molecular flexibility index (Phi) is 5.65. The van der Waals surface area contributed by atoms with Crippen molar-refractivity contribution in [1.82, 2.24) is 5.32 Å². The van der Waals surface area contributed by atoms with E-state index in [4.69, 9.17) is 11.6 Å². The zero-order valence-electron chi connectivity index (χ0n) is 15.9. The normalized spacial score (nSPS) is 22.3. The maximum atomic E-state index is 12.8. The van der Waals surface area contributed by atoms with E-state index in [1.54, 1.807) is 6.07 Å². The lowest BCUT2D eigenvalue weighted by Crippen LogP contribution is -2.37. The second-order valence-electron chi connectivity index (χ2n) is 7.91. The van der Waals surface area contributed by atoms with Crippen LogP contribution < -0.4 is 10.2 Å². The number of anilines is 1. The second kappa shape index (κ2) is 8.03. The fourth-order valence-corrected chi connectivity index (χ4v) is 5.87. The third kappa shape index (κ3) is 3.92. The van der Waals surface area contributed by atoms with Crippen LogP contribution >= 0.6 is 11.6 Å². The number of benzene rings is 1. The molecule has 0 atom stereocenters. The number of amides is 1. The molecule has 1 aromatic carbocycles. The Labute approximate surface area is 171 Å². The fraction of sp³-hybridized carbons (Fsp3) is 0.600. The van der Waals surface area contributed by atoms with E-state index >= 15 is 0 Å². The van der Waals surface area contributed by atoms with Crippen molar-refractivity contribution in [2.24, 2.45) is 4.40 Å². The number of carbonyl (C=O) groups is 1. The Morgan fingerprint density at radius 1 is 1.07 bits per heavy atom. The number of sulfonamides is 1. The van der Waals surface area contributed by atoms with E-state index < -0.39 is 10.0 Å². The van der Waals surface area contributed by atoms with Crippen molar-refractivity contribution >= 4 is 39.1 Å². The summed E-state index contributed by atoms with van der Waals surface area (Å²) in [6, 6.07) is 3.15. The van der Waals surface area contributed by atoms with E-state index in [-0.39, 0.29) is 27.4 Å². The van der Waals surface area contributed by atoms with Crippen molar-refractivity contribution in [2.75, 3.05) is 11.4 Å². The van der Waals surface area contributed by atoms with Gasteiger partial charge in [-0.3, -0.25) is 4.79 Å². The molecule has 2 fully saturated rings. The lowest BCUT2D eigenvalue weighted by atomic mass is 10.1. The van der Waals surface area contributed by atoms with Crippen LogP contribution in [0.15, 0.2) is 21.4 Å². The molecule has 2 aliphatic heterocycles. The molecule has 2 heterocycles. The first kappa shape index (κ1) is 19.7. The lowest BCUT2D eigenvalue weighted by Gasteiger charge is -2.30. The average Bonchev–Trinajstić information content (AvgIpc) is 3.03. The standard InChI is InChI=1S/C20H26ClN3O3S/c21-16-13-17-18(28(26,27)23-19-10-6-3-7-11-24(17)19)12-15(16)20(25)22-14-8-4-1-2-5-9-14/h12-14H,1-11H2,(H,22,25). The van der Waals surface area contributed by atoms with Gasteiger partial charge in [0.05, 0.1) is 16.3 Å². The van der Waals surface area contributed by atoms with Crippen LogP contribution in [-0.4, -0.2) is 32.7 Å². The number of hydrogen-bond acceptors (Lipinski definition) is 4. The third-order valence-corrected chi connectivity index (χ3v) is 7.52. The van der Waals surface area contributed by atoms with Crippen molar-refractivity contribution in [3.05, 3.63) is 22.7 Å². The molecule has 1 aliphatic carbocycles. The summed E-state index contributed by atoms with van der Waals surface area (Å²) in [5.41, 5.74) is 0.754. The van der Waals surface area contributed by atoms with Gasteiger partial charge in [-0.25, -0.2) is 0 Å². The molecule has 0 bridgehead atoms. The van der Waals surface area contributed by atoms with Crippen molar-refractivity contribution < 1.29 is 13.2 Å². The van der Waals surface area contributed by atoms with Crippen LogP contribution in [0, 0.1) is 0 Å². The molecule has 6 nitrogen and oxygen atoms in total. The Bertz CT molecular complexity index is 906. The van der Waals surface area contributed by atoms with E-state index in [0.717, 1.165) is 44.9 Å². The second-order valence-corrected chi connectivity index (χ2v) is 9.89. The van der Waals surface area contributed by atoms with Crippen molar-refractivity contribution in [3.63, 3.8) is 0 Å². The van der Waals surface area contributed by atoms with Gasteiger partial charge in [-0.1, -0.05) is 43.7 Å². The predicted molar refractivity (Wildman–Crippen MR) is 111 cm³/mol. The summed E-state index contributed by atoms with van der Waals surface area (Å²) in [6.45, 7) is 0.714. The Morgan fingerprint density at radius 3 is 2.54 bits per heavy atom. The van der Waals surface area contributed by atoms with Gasteiger partial charge in [0.1, 0.15) is 10.7 Å². The summed E-state index contributed by atoms with van der Waals surface area (Å²) >= 11 is 6.45. The van der Waals surface area contributed by atoms with Crippen molar-refractivity contribution in [2.45, 2.75) is 75.1 Å². The summed E-state index contributed by atoms with van der Waals surface area (Å²) in [7, 11) is -3.83. The topological polar surface area (TPSA) is 78.8 Å². The average molecular weight is 424 g/mol. The Hall–Kier alpha value is -1.60. The molecule has 0 unspecified atom stereocenters. The van der Waals surface area contributed by atoms with Gasteiger partial charge >= 0.3 is 0 Å². The van der Waals surface area contributed by atoms with Crippen LogP contribution in [0.3, 0.4) is 0 Å². The highest BCUT2D eigenvalue weighted by atomic mass is 35.5. The molecule has 4 rings (SSSR count). The molecular weight excluding hydrogens is 398 g/mol. The van der Waals surface area contributed by atoms with Crippen molar-refractivity contribution in [1.29, 1.82) is 0 Å². The molecule has 152 valence electrons. The first-order valence-corrected chi connectivity index (χ1v) is 12.0. The molecule has 1 amide bonds. The highest BCUT2D eigenvalue weighted by Crippen LogP contribution is 2.38. The number of nitrogens with zero attached hydrogens (tertiary/aromatic N) is 2. The summed E-state index contributed by atoms with van der Waals surface area (Å²) < 4.78 is 29.6. The maximum Gasteiger partial charge on any atom is 0.286 e. The minimum absolute atomic E-state index is 0.0774. The van der Waals surface area contributed by atoms with Crippen LogP contribution in [0.4, 0.5) is 5.69 Å². The molecule has 0 spiro atoms. The number of rotatable bonds is 2. The van der Waals surface area contributed by atoms with Crippen LogP contribution in [0.2, 0.25) is 5.02 Å². The van der Waals surface area contributed by atoms with E-state index in [0.29, 0.717) is 24.5 Å². The lowest BCUT2D eigenvalue weighted by molar-refractivity contribution is 0.0933. The smallest absolute Gasteiger partial charge is 0.286 e. The molecule has 1 aromatic rings. The zero-order chi connectivity index (χ0) is 19.7. The van der Waals surface area contributed by atoms with E-state index in [9.17, 15) is 13.2 Å². The minimum Gasteiger partial charge on any atom is -0.349 e. The van der Waals surface area contributed by atoms with Gasteiger partial charge in [0.15, 0.2) is 0 Å². The molecule has 1 saturated carbocycles. The summed E-state index contributed by atoms with van der Waals surface area (Å²) in [6.07, 6.45) is 10.1. The zero-order valence-corrected chi connectivity index (χ0v) is 17.5. The molecule has 1 N–H and O–H groups in total. The van der Waals surface area contributed by atoms with Crippen LogP contribution in [0.5, 0.6) is 0 Å². The number of hydrogen-bond donors (Lipinski definition) is 1. The maximum absolute atomic E-state index is 12.8. The van der Waals surface area contributed by atoms with Gasteiger partial charge in [0.2, 0.25) is 0 Å². The van der Waals surface area contributed by atoms with Crippen LogP contribution in [0.25, 0.3) is 0 Å². The van der Waals surface area contributed by atoms with Crippen LogP contribution in [0.1, 0.15) is 74.6 Å². The van der Waals surface area contributed by atoms with E-state index in [1.165, 1.54) is 18.9 Å². The minimum atomic E-state index is -3.83. The molecule has 1 saturated heterocycles. The Balaban J connectivity index is 1.67. The number of nitrogens with one attached hydrogen (secondary N) is 1. The van der Waals surface area contributed by atoms with Gasteiger partial charge in [-0.05, 0) is 37.8 Å². The number of carbonyl (C=O) groups excluding carboxylic acids is 1. The highest BCUT2D eigenvalue weighted by Gasteiger charge is 2.33. The highest BCUT2D eigenvalue weighted by molar-refractivity contribution is 7.90. The number of halogens is 1. The molecule has 8 heteroatoms.